The van der Waals surface area contributed by atoms with Gasteiger partial charge in [0.15, 0.2) is 6.29 Å². The van der Waals surface area contributed by atoms with Gasteiger partial charge in [0, 0.05) is 0 Å². The van der Waals surface area contributed by atoms with Crippen LogP contribution in [-0.4, -0.2) is 6.29 Å². The number of ether oxygens (including phenoxy) is 1. The van der Waals surface area contributed by atoms with Crippen LogP contribution < -0.4 is 4.74 Å². The van der Waals surface area contributed by atoms with Crippen LogP contribution in [0.15, 0.2) is 48.5 Å². The molecular formula is C17H16O2. The van der Waals surface area contributed by atoms with Crippen LogP contribution in [0.4, 0.5) is 0 Å². The third kappa shape index (κ3) is 2.84. The Balaban J connectivity index is 1.78. The van der Waals surface area contributed by atoms with Crippen LogP contribution in [0.2, 0.25) is 0 Å². The molecule has 2 aromatic rings. The summed E-state index contributed by atoms with van der Waals surface area (Å²) in [5, 5.41) is 0. The number of benzene rings is 2. The molecule has 2 aromatic carbocycles. The maximum absolute atomic E-state index is 11.1. The first-order valence-electron chi connectivity index (χ1n) is 6.62. The van der Waals surface area contributed by atoms with E-state index in [1.165, 1.54) is 18.4 Å². The summed E-state index contributed by atoms with van der Waals surface area (Å²) in [5.41, 5.74) is 3.02. The molecule has 2 nitrogen and oxygen atoms in total. The average Bonchev–Trinajstić information content (AvgIpc) is 3.30. The minimum absolute atomic E-state index is 0.496. The second-order valence-corrected chi connectivity index (χ2v) is 4.96. The molecule has 0 spiro atoms. The monoisotopic (exact) mass is 252 g/mol. The predicted molar refractivity (Wildman–Crippen MR) is 74.6 cm³/mol. The van der Waals surface area contributed by atoms with E-state index in [1.807, 2.05) is 48.5 Å². The van der Waals surface area contributed by atoms with E-state index in [0.29, 0.717) is 23.8 Å². The van der Waals surface area contributed by atoms with Crippen molar-refractivity contribution in [2.45, 2.75) is 25.4 Å². The van der Waals surface area contributed by atoms with Gasteiger partial charge in [-0.25, -0.2) is 0 Å². The van der Waals surface area contributed by atoms with E-state index in [4.69, 9.17) is 4.74 Å². The zero-order chi connectivity index (χ0) is 13.1. The van der Waals surface area contributed by atoms with Gasteiger partial charge in [-0.1, -0.05) is 36.4 Å². The van der Waals surface area contributed by atoms with Crippen LogP contribution >= 0.6 is 0 Å². The molecule has 0 unspecified atom stereocenters. The van der Waals surface area contributed by atoms with Gasteiger partial charge in [0.25, 0.3) is 0 Å². The lowest BCUT2D eigenvalue weighted by atomic mass is 10.1. The number of hydrogen-bond donors (Lipinski definition) is 0. The van der Waals surface area contributed by atoms with Crippen molar-refractivity contribution in [1.82, 2.24) is 0 Å². The highest BCUT2D eigenvalue weighted by molar-refractivity contribution is 5.79. The zero-order valence-electron chi connectivity index (χ0n) is 10.7. The number of rotatable bonds is 5. The molecule has 19 heavy (non-hydrogen) atoms. The molecule has 0 N–H and O–H groups in total. The van der Waals surface area contributed by atoms with Crippen molar-refractivity contribution in [1.29, 1.82) is 0 Å². The summed E-state index contributed by atoms with van der Waals surface area (Å²) in [6.07, 6.45) is 3.36. The smallest absolute Gasteiger partial charge is 0.153 e. The van der Waals surface area contributed by atoms with E-state index in [9.17, 15) is 4.79 Å². The highest BCUT2D eigenvalue weighted by Crippen LogP contribution is 2.41. The van der Waals surface area contributed by atoms with E-state index in [2.05, 4.69) is 0 Å². The first kappa shape index (κ1) is 12.0. The second kappa shape index (κ2) is 5.27. The van der Waals surface area contributed by atoms with Gasteiger partial charge in [-0.3, -0.25) is 4.79 Å². The molecule has 3 rings (SSSR count). The molecule has 1 saturated carbocycles. The third-order valence-corrected chi connectivity index (χ3v) is 3.45. The molecule has 0 amide bonds. The molecule has 96 valence electrons. The van der Waals surface area contributed by atoms with E-state index in [0.717, 1.165) is 11.8 Å². The Labute approximate surface area is 113 Å². The molecule has 0 aliphatic heterocycles. The fourth-order valence-electron chi connectivity index (χ4n) is 2.18. The summed E-state index contributed by atoms with van der Waals surface area (Å²) in [7, 11) is 0. The minimum Gasteiger partial charge on any atom is -0.488 e. The van der Waals surface area contributed by atoms with Gasteiger partial charge in [-0.05, 0) is 42.0 Å². The topological polar surface area (TPSA) is 26.3 Å². The van der Waals surface area contributed by atoms with Gasteiger partial charge >= 0.3 is 0 Å². The lowest BCUT2D eigenvalue weighted by Crippen LogP contribution is -1.99. The lowest BCUT2D eigenvalue weighted by molar-refractivity contribution is 0.111. The normalized spacial score (nSPS) is 14.1. The van der Waals surface area contributed by atoms with Crippen molar-refractivity contribution in [3.8, 4) is 5.75 Å². The molecule has 0 heterocycles. The molecular weight excluding hydrogens is 236 g/mol. The van der Waals surface area contributed by atoms with E-state index >= 15 is 0 Å². The van der Waals surface area contributed by atoms with Gasteiger partial charge in [0.05, 0.1) is 5.56 Å². The maximum atomic E-state index is 11.1. The van der Waals surface area contributed by atoms with Gasteiger partial charge in [0.2, 0.25) is 0 Å². The highest BCUT2D eigenvalue weighted by Gasteiger charge is 2.24. The van der Waals surface area contributed by atoms with Crippen molar-refractivity contribution in [2.24, 2.45) is 0 Å². The number of hydrogen-bond acceptors (Lipinski definition) is 2. The molecule has 0 bridgehead atoms. The summed E-state index contributed by atoms with van der Waals surface area (Å²) in [6, 6.07) is 15.9. The van der Waals surface area contributed by atoms with Gasteiger partial charge in [-0.2, -0.15) is 0 Å². The first-order chi connectivity index (χ1) is 9.36. The van der Waals surface area contributed by atoms with Crippen molar-refractivity contribution in [3.05, 3.63) is 65.2 Å². The van der Waals surface area contributed by atoms with Crippen molar-refractivity contribution >= 4 is 6.29 Å². The number of aldehydes is 1. The zero-order valence-corrected chi connectivity index (χ0v) is 10.7. The third-order valence-electron chi connectivity index (χ3n) is 3.45. The quantitative estimate of drug-likeness (QED) is 0.753. The van der Waals surface area contributed by atoms with Gasteiger partial charge in [0.1, 0.15) is 12.4 Å². The highest BCUT2D eigenvalue weighted by atomic mass is 16.5. The van der Waals surface area contributed by atoms with Crippen molar-refractivity contribution in [3.63, 3.8) is 0 Å². The van der Waals surface area contributed by atoms with Crippen molar-refractivity contribution in [2.75, 3.05) is 0 Å². The van der Waals surface area contributed by atoms with Crippen LogP contribution in [0.1, 0.15) is 40.2 Å². The first-order valence-corrected chi connectivity index (χ1v) is 6.62. The molecule has 1 aliphatic carbocycles. The SMILES string of the molecule is O=Cc1ccc(C2CC2)cc1OCc1ccccc1. The summed E-state index contributed by atoms with van der Waals surface area (Å²) in [6.45, 7) is 0.496. The molecule has 1 aliphatic rings. The minimum atomic E-state index is 0.496. The Hall–Kier alpha value is -2.09. The molecule has 0 atom stereocenters. The van der Waals surface area contributed by atoms with Crippen LogP contribution in [0.3, 0.4) is 0 Å². The standard InChI is InChI=1S/C17H16O2/c18-11-16-9-8-15(14-6-7-14)10-17(16)19-12-13-4-2-1-3-5-13/h1-5,8-11,14H,6-7,12H2. The summed E-state index contributed by atoms with van der Waals surface area (Å²) in [5.74, 6) is 1.36. The molecule has 2 heteroatoms. The summed E-state index contributed by atoms with van der Waals surface area (Å²) in [4.78, 5) is 11.1. The van der Waals surface area contributed by atoms with Gasteiger partial charge < -0.3 is 4.74 Å². The molecule has 0 saturated heterocycles. The van der Waals surface area contributed by atoms with Crippen LogP contribution in [-0.2, 0) is 6.61 Å². The second-order valence-electron chi connectivity index (χ2n) is 4.96. The van der Waals surface area contributed by atoms with Crippen LogP contribution in [0.5, 0.6) is 5.75 Å². The Morgan fingerprint density at radius 1 is 1.11 bits per heavy atom. The molecule has 1 fully saturated rings. The van der Waals surface area contributed by atoms with Crippen LogP contribution in [0, 0.1) is 0 Å². The summed E-state index contributed by atoms with van der Waals surface area (Å²) >= 11 is 0. The number of carbonyl (C=O) groups excluding carboxylic acids is 1. The molecule has 0 radical (unpaired) electrons. The fraction of sp³-hybridized carbons (Fsp3) is 0.235. The molecule has 0 aromatic heterocycles. The van der Waals surface area contributed by atoms with E-state index < -0.39 is 0 Å². The van der Waals surface area contributed by atoms with Crippen molar-refractivity contribution < 1.29 is 9.53 Å². The van der Waals surface area contributed by atoms with E-state index in [1.54, 1.807) is 0 Å². The Morgan fingerprint density at radius 3 is 2.58 bits per heavy atom. The van der Waals surface area contributed by atoms with Crippen LogP contribution in [0.25, 0.3) is 0 Å². The Morgan fingerprint density at radius 2 is 1.89 bits per heavy atom. The largest absolute Gasteiger partial charge is 0.488 e. The average molecular weight is 252 g/mol. The lowest BCUT2D eigenvalue weighted by Gasteiger charge is -2.10. The predicted octanol–water partition coefficient (Wildman–Crippen LogP) is 3.96. The summed E-state index contributed by atoms with van der Waals surface area (Å²) < 4.78 is 5.80. The van der Waals surface area contributed by atoms with Gasteiger partial charge in [-0.15, -0.1) is 0 Å². The maximum Gasteiger partial charge on any atom is 0.153 e. The van der Waals surface area contributed by atoms with E-state index in [-0.39, 0.29) is 0 Å². The number of carbonyl (C=O) groups is 1. The Kier molecular flexibility index (Phi) is 3.32. The fourth-order valence-corrected chi connectivity index (χ4v) is 2.18. The Bertz CT molecular complexity index is 571.